The third kappa shape index (κ3) is 3.81. The molecule has 0 aromatic heterocycles. The quantitative estimate of drug-likeness (QED) is 0.425. The summed E-state index contributed by atoms with van der Waals surface area (Å²) < 4.78 is 76.1. The van der Waals surface area contributed by atoms with Crippen LogP contribution in [0.25, 0.3) is 0 Å². The summed E-state index contributed by atoms with van der Waals surface area (Å²) in [4.78, 5) is -1.92. The SMILES string of the molecule is Cc1cc(C(Br)C(C(F)(F)F)C(F)(F)F)c(C)cc1Cl. The van der Waals surface area contributed by atoms with Crippen LogP contribution in [-0.4, -0.2) is 12.4 Å². The molecule has 0 bridgehead atoms. The molecule has 0 aliphatic carbocycles. The summed E-state index contributed by atoms with van der Waals surface area (Å²) in [5, 5.41) is 0.293. The Bertz CT molecular complexity index is 480. The summed E-state index contributed by atoms with van der Waals surface area (Å²) in [7, 11) is 0. The molecule has 114 valence electrons. The van der Waals surface area contributed by atoms with Gasteiger partial charge in [0.25, 0.3) is 0 Å². The molecular formula is C12H10BrClF6. The van der Waals surface area contributed by atoms with Crippen LogP contribution in [0.15, 0.2) is 12.1 Å². The van der Waals surface area contributed by atoms with Crippen LogP contribution in [-0.2, 0) is 0 Å². The second-order valence-electron chi connectivity index (χ2n) is 4.42. The van der Waals surface area contributed by atoms with Crippen molar-refractivity contribution in [1.29, 1.82) is 0 Å². The molecule has 1 aromatic rings. The molecule has 0 radical (unpaired) electrons. The summed E-state index contributed by atoms with van der Waals surface area (Å²) in [6, 6.07) is 2.59. The van der Waals surface area contributed by atoms with Gasteiger partial charge < -0.3 is 0 Å². The van der Waals surface area contributed by atoms with E-state index in [-0.39, 0.29) is 11.1 Å². The molecule has 1 atom stereocenters. The molecule has 20 heavy (non-hydrogen) atoms. The summed E-state index contributed by atoms with van der Waals surface area (Å²) in [6.07, 6.45) is -10.8. The highest BCUT2D eigenvalue weighted by atomic mass is 79.9. The van der Waals surface area contributed by atoms with Crippen LogP contribution in [0.1, 0.15) is 21.5 Å². The summed E-state index contributed by atoms with van der Waals surface area (Å²) >= 11 is 8.34. The van der Waals surface area contributed by atoms with Crippen molar-refractivity contribution in [2.45, 2.75) is 31.0 Å². The van der Waals surface area contributed by atoms with Gasteiger partial charge in [-0.05, 0) is 36.6 Å². The fourth-order valence-corrected chi connectivity index (χ4v) is 3.11. The molecule has 0 N–H and O–H groups in total. The Morgan fingerprint density at radius 3 is 1.80 bits per heavy atom. The molecule has 1 aromatic carbocycles. The fraction of sp³-hybridized carbons (Fsp3) is 0.500. The Kier molecular flexibility index (Phi) is 5.07. The number of alkyl halides is 7. The zero-order valence-corrected chi connectivity index (χ0v) is 12.7. The molecule has 0 saturated heterocycles. The predicted octanol–water partition coefficient (Wildman–Crippen LogP) is 6.13. The van der Waals surface area contributed by atoms with Crippen molar-refractivity contribution in [3.63, 3.8) is 0 Å². The van der Waals surface area contributed by atoms with Gasteiger partial charge in [0.05, 0.1) is 4.83 Å². The molecule has 0 fully saturated rings. The van der Waals surface area contributed by atoms with Crippen molar-refractivity contribution in [3.05, 3.63) is 33.8 Å². The first-order valence-electron chi connectivity index (χ1n) is 5.40. The summed E-state index contributed by atoms with van der Waals surface area (Å²) in [6.45, 7) is 2.93. The molecule has 1 rings (SSSR count). The third-order valence-corrected chi connectivity index (χ3v) is 4.27. The maximum Gasteiger partial charge on any atom is 0.401 e. The maximum absolute atomic E-state index is 12.7. The molecule has 0 aliphatic heterocycles. The van der Waals surface area contributed by atoms with Crippen molar-refractivity contribution in [2.24, 2.45) is 5.92 Å². The molecule has 0 nitrogen and oxygen atoms in total. The molecule has 1 unspecified atom stereocenters. The normalized spacial score (nSPS) is 14.8. The van der Waals surface area contributed by atoms with Crippen LogP contribution in [0.2, 0.25) is 5.02 Å². The fourth-order valence-electron chi connectivity index (χ4n) is 1.80. The molecule has 8 heteroatoms. The lowest BCUT2D eigenvalue weighted by Gasteiger charge is -2.28. The van der Waals surface area contributed by atoms with Crippen LogP contribution < -0.4 is 0 Å². The highest BCUT2D eigenvalue weighted by Crippen LogP contribution is 2.50. The Labute approximate surface area is 125 Å². The van der Waals surface area contributed by atoms with Gasteiger partial charge in [0, 0.05) is 5.02 Å². The first kappa shape index (κ1) is 17.6. The van der Waals surface area contributed by atoms with Gasteiger partial charge in [-0.15, -0.1) is 0 Å². The zero-order chi connectivity index (χ0) is 15.9. The minimum Gasteiger partial charge on any atom is -0.170 e. The zero-order valence-electron chi connectivity index (χ0n) is 10.3. The Balaban J connectivity index is 3.34. The molecule has 0 spiro atoms. The number of benzene rings is 1. The van der Waals surface area contributed by atoms with Crippen molar-refractivity contribution in [1.82, 2.24) is 0 Å². The Morgan fingerprint density at radius 2 is 1.40 bits per heavy atom. The van der Waals surface area contributed by atoms with Gasteiger partial charge in [-0.2, -0.15) is 26.3 Å². The van der Waals surface area contributed by atoms with E-state index in [0.29, 0.717) is 10.6 Å². The van der Waals surface area contributed by atoms with Crippen LogP contribution >= 0.6 is 27.5 Å². The van der Waals surface area contributed by atoms with E-state index in [1.807, 2.05) is 0 Å². The molecular weight excluding hydrogens is 373 g/mol. The number of halogens is 8. The highest BCUT2D eigenvalue weighted by molar-refractivity contribution is 9.09. The van der Waals surface area contributed by atoms with Gasteiger partial charge in [-0.1, -0.05) is 33.6 Å². The monoisotopic (exact) mass is 382 g/mol. The first-order valence-corrected chi connectivity index (χ1v) is 6.69. The number of hydrogen-bond donors (Lipinski definition) is 0. The van der Waals surface area contributed by atoms with Gasteiger partial charge in [-0.3, -0.25) is 0 Å². The van der Waals surface area contributed by atoms with E-state index in [0.717, 1.165) is 0 Å². The maximum atomic E-state index is 12.7. The van der Waals surface area contributed by atoms with Crippen LogP contribution in [0.4, 0.5) is 26.3 Å². The lowest BCUT2D eigenvalue weighted by atomic mass is 9.93. The van der Waals surface area contributed by atoms with Crippen LogP contribution in [0, 0.1) is 19.8 Å². The number of aryl methyl sites for hydroxylation is 2. The van der Waals surface area contributed by atoms with Gasteiger partial charge in [0.2, 0.25) is 0 Å². The van der Waals surface area contributed by atoms with Crippen molar-refractivity contribution < 1.29 is 26.3 Å². The second kappa shape index (κ2) is 5.75. The highest BCUT2D eigenvalue weighted by Gasteiger charge is 2.60. The lowest BCUT2D eigenvalue weighted by molar-refractivity contribution is -0.283. The number of rotatable bonds is 2. The van der Waals surface area contributed by atoms with Crippen molar-refractivity contribution >= 4 is 27.5 Å². The average molecular weight is 384 g/mol. The lowest BCUT2D eigenvalue weighted by Crippen LogP contribution is -2.39. The number of hydrogen-bond acceptors (Lipinski definition) is 0. The summed E-state index contributed by atoms with van der Waals surface area (Å²) in [5.74, 6) is -3.48. The predicted molar refractivity (Wildman–Crippen MR) is 68.2 cm³/mol. The van der Waals surface area contributed by atoms with E-state index in [1.54, 1.807) is 0 Å². The molecule has 0 amide bonds. The largest absolute Gasteiger partial charge is 0.401 e. The molecule has 0 aliphatic rings. The van der Waals surface area contributed by atoms with Gasteiger partial charge in [0.15, 0.2) is 5.92 Å². The van der Waals surface area contributed by atoms with Crippen LogP contribution in [0.3, 0.4) is 0 Å². The minimum atomic E-state index is -5.40. The Morgan fingerprint density at radius 1 is 0.950 bits per heavy atom. The van der Waals surface area contributed by atoms with E-state index in [2.05, 4.69) is 15.9 Å². The standard InChI is InChI=1S/C12H10BrClF6/c1-5-4-8(14)6(2)3-7(5)9(13)10(11(15,16)17)12(18,19)20/h3-4,9-10H,1-2H3. The molecule has 0 heterocycles. The van der Waals surface area contributed by atoms with Gasteiger partial charge in [0.1, 0.15) is 0 Å². The average Bonchev–Trinajstić information content (AvgIpc) is 2.18. The van der Waals surface area contributed by atoms with Gasteiger partial charge in [-0.25, -0.2) is 0 Å². The van der Waals surface area contributed by atoms with E-state index in [1.165, 1.54) is 26.0 Å². The van der Waals surface area contributed by atoms with E-state index in [4.69, 9.17) is 11.6 Å². The van der Waals surface area contributed by atoms with Gasteiger partial charge >= 0.3 is 12.4 Å². The second-order valence-corrected chi connectivity index (χ2v) is 5.81. The third-order valence-electron chi connectivity index (χ3n) is 2.84. The Hall–Kier alpha value is -0.430. The van der Waals surface area contributed by atoms with E-state index in [9.17, 15) is 26.3 Å². The first-order chi connectivity index (χ1) is 8.85. The smallest absolute Gasteiger partial charge is 0.170 e. The van der Waals surface area contributed by atoms with E-state index < -0.39 is 23.1 Å². The van der Waals surface area contributed by atoms with Crippen LogP contribution in [0.5, 0.6) is 0 Å². The van der Waals surface area contributed by atoms with E-state index >= 15 is 0 Å². The minimum absolute atomic E-state index is 0.0773. The van der Waals surface area contributed by atoms with Crippen molar-refractivity contribution in [2.75, 3.05) is 0 Å². The molecule has 0 saturated carbocycles. The topological polar surface area (TPSA) is 0 Å². The summed E-state index contributed by atoms with van der Waals surface area (Å²) in [5.41, 5.74) is 0.604. The van der Waals surface area contributed by atoms with Crippen molar-refractivity contribution in [3.8, 4) is 0 Å².